The smallest absolute Gasteiger partial charge is 0.412 e. The van der Waals surface area contributed by atoms with Gasteiger partial charge in [0.05, 0.1) is 25.4 Å². The molecule has 4 fully saturated rings. The Bertz CT molecular complexity index is 971. The zero-order valence-electron chi connectivity index (χ0n) is 24.1. The van der Waals surface area contributed by atoms with Crippen LogP contribution >= 0.6 is 0 Å². The van der Waals surface area contributed by atoms with Crippen LogP contribution in [0.5, 0.6) is 0 Å². The number of carbonyl (C=O) groups is 1. The van der Waals surface area contributed by atoms with Gasteiger partial charge in [0.2, 0.25) is 0 Å². The summed E-state index contributed by atoms with van der Waals surface area (Å²) in [4.78, 5) is 15.4. The van der Waals surface area contributed by atoms with Gasteiger partial charge < -0.3 is 23.7 Å². The van der Waals surface area contributed by atoms with Crippen molar-refractivity contribution in [1.29, 1.82) is 0 Å². The molecule has 1 spiro atoms. The molecule has 4 saturated heterocycles. The minimum absolute atomic E-state index is 0.0755. The monoisotopic (exact) mass is 545 g/mol. The van der Waals surface area contributed by atoms with Gasteiger partial charge in [-0.3, -0.25) is 4.90 Å². The van der Waals surface area contributed by atoms with Gasteiger partial charge in [-0.05, 0) is 36.3 Å². The lowest BCUT2D eigenvalue weighted by molar-refractivity contribution is -0.377. The zero-order valence-corrected chi connectivity index (χ0v) is 25.1. The molecule has 8 heteroatoms. The lowest BCUT2D eigenvalue weighted by Crippen LogP contribution is -2.61. The van der Waals surface area contributed by atoms with E-state index >= 15 is 0 Å². The molecule has 8 atom stereocenters. The van der Waals surface area contributed by atoms with Crippen LogP contribution in [0, 0.1) is 17.8 Å². The number of likely N-dealkylation sites (tertiary alicyclic amines) is 1. The average Bonchev–Trinajstić information content (AvgIpc) is 3.21. The predicted molar refractivity (Wildman–Crippen MR) is 148 cm³/mol. The van der Waals surface area contributed by atoms with E-state index in [4.69, 9.17) is 23.7 Å². The van der Waals surface area contributed by atoms with E-state index in [0.29, 0.717) is 44.6 Å². The number of rotatable bonds is 7. The maximum atomic E-state index is 13.5. The molecule has 38 heavy (non-hydrogen) atoms. The number of piperidine rings is 1. The molecule has 1 amide bonds. The summed E-state index contributed by atoms with van der Waals surface area (Å²) in [6.07, 6.45) is 2.69. The van der Waals surface area contributed by atoms with Crippen LogP contribution in [0.1, 0.15) is 52.0 Å². The molecule has 1 aromatic carbocycles. The van der Waals surface area contributed by atoms with Crippen molar-refractivity contribution in [3.8, 4) is 0 Å². The highest BCUT2D eigenvalue weighted by atomic mass is 28.3. The molecule has 1 aromatic rings. The Labute approximate surface area is 229 Å². The van der Waals surface area contributed by atoms with Crippen LogP contribution in [0.15, 0.2) is 30.3 Å². The third-order valence-corrected chi connectivity index (χ3v) is 10.5. The first-order valence-electron chi connectivity index (χ1n) is 14.6. The highest BCUT2D eigenvalue weighted by Crippen LogP contribution is 2.53. The Hall–Kier alpha value is -1.45. The highest BCUT2D eigenvalue weighted by Gasteiger charge is 2.64. The highest BCUT2D eigenvalue weighted by molar-refractivity contribution is 6.76. The Balaban J connectivity index is 1.32. The summed E-state index contributed by atoms with van der Waals surface area (Å²) < 4.78 is 32.4. The second-order valence-electron chi connectivity index (χ2n) is 13.7. The van der Waals surface area contributed by atoms with Crippen LogP contribution in [0.2, 0.25) is 25.7 Å². The normalized spacial score (nSPS) is 38.7. The van der Waals surface area contributed by atoms with Crippen molar-refractivity contribution in [1.82, 2.24) is 4.90 Å². The van der Waals surface area contributed by atoms with E-state index in [1.54, 1.807) is 0 Å². The standard InChI is InChI=1S/C30H47NO6Si/c1-21-15-25-27-26(36-29(16-21,35-25)20-33-19-24-10-8-7-9-11-24)17-30(37-27)23(3)14-22(2)18-31(30)28(32)34-12-13-38(4,5)6/h7-11,21-23,25-27H,12-20H2,1-6H3/t21-,22+,23-,25+,26+,27+,29-,30-/m0/s1. The molecule has 0 radical (unpaired) electrons. The van der Waals surface area contributed by atoms with Crippen molar-refractivity contribution in [3.05, 3.63) is 35.9 Å². The molecule has 2 bridgehead atoms. The second kappa shape index (κ2) is 10.8. The Morgan fingerprint density at radius 1 is 1.00 bits per heavy atom. The third kappa shape index (κ3) is 5.85. The van der Waals surface area contributed by atoms with Gasteiger partial charge in [-0.15, -0.1) is 0 Å². The van der Waals surface area contributed by atoms with E-state index in [0.717, 1.165) is 30.9 Å². The fourth-order valence-corrected chi connectivity index (χ4v) is 7.70. The van der Waals surface area contributed by atoms with E-state index in [9.17, 15) is 4.79 Å². The van der Waals surface area contributed by atoms with Gasteiger partial charge in [0.15, 0.2) is 11.5 Å². The van der Waals surface area contributed by atoms with Crippen molar-refractivity contribution >= 4 is 14.2 Å². The Morgan fingerprint density at radius 2 is 1.74 bits per heavy atom. The Morgan fingerprint density at radius 3 is 2.47 bits per heavy atom. The van der Waals surface area contributed by atoms with Crippen LogP contribution in [0.4, 0.5) is 4.79 Å². The van der Waals surface area contributed by atoms with Gasteiger partial charge in [-0.25, -0.2) is 4.79 Å². The first-order chi connectivity index (χ1) is 18.0. The number of carbonyl (C=O) groups excluding carboxylic acids is 1. The van der Waals surface area contributed by atoms with Gasteiger partial charge in [0, 0.05) is 33.4 Å². The molecular formula is C30H47NO6Si. The lowest BCUT2D eigenvalue weighted by Gasteiger charge is -2.51. The van der Waals surface area contributed by atoms with E-state index < -0.39 is 19.6 Å². The quantitative estimate of drug-likeness (QED) is 0.389. The topological polar surface area (TPSA) is 66.5 Å². The van der Waals surface area contributed by atoms with E-state index in [1.807, 2.05) is 23.1 Å². The van der Waals surface area contributed by atoms with Gasteiger partial charge in [0.25, 0.3) is 0 Å². The van der Waals surface area contributed by atoms with Crippen LogP contribution in [0.25, 0.3) is 0 Å². The predicted octanol–water partition coefficient (Wildman–Crippen LogP) is 6.05. The van der Waals surface area contributed by atoms with Crippen molar-refractivity contribution in [2.45, 2.75) is 109 Å². The van der Waals surface area contributed by atoms with Crippen molar-refractivity contribution in [2.24, 2.45) is 17.8 Å². The molecule has 4 heterocycles. The number of hydrogen-bond donors (Lipinski definition) is 0. The van der Waals surface area contributed by atoms with Crippen molar-refractivity contribution in [3.63, 3.8) is 0 Å². The maximum absolute atomic E-state index is 13.5. The fourth-order valence-electron chi connectivity index (χ4n) is 6.99. The van der Waals surface area contributed by atoms with Crippen molar-refractivity contribution in [2.75, 3.05) is 19.8 Å². The molecular weight excluding hydrogens is 498 g/mol. The minimum Gasteiger partial charge on any atom is -0.450 e. The van der Waals surface area contributed by atoms with E-state index in [2.05, 4.69) is 52.5 Å². The average molecular weight is 546 g/mol. The summed E-state index contributed by atoms with van der Waals surface area (Å²) in [6.45, 7) is 15.6. The number of ether oxygens (including phenoxy) is 5. The second-order valence-corrected chi connectivity index (χ2v) is 19.3. The third-order valence-electron chi connectivity index (χ3n) is 8.80. The number of hydrogen-bond acceptors (Lipinski definition) is 6. The first-order valence-corrected chi connectivity index (χ1v) is 18.3. The molecule has 4 aliphatic heterocycles. The SMILES string of the molecule is C[C@@H]1C[C@H](C)[C@@]2(C[C@H]3O[C@]4(COCc5ccccc5)C[C@@H](C)C[C@@H](O4)[C@H]3O2)N(C(=O)OCC[Si](C)(C)C)C1. The number of amides is 1. The van der Waals surface area contributed by atoms with Gasteiger partial charge in [-0.2, -0.15) is 0 Å². The molecule has 0 aliphatic carbocycles. The van der Waals surface area contributed by atoms with Crippen LogP contribution < -0.4 is 0 Å². The molecule has 0 saturated carbocycles. The van der Waals surface area contributed by atoms with E-state index in [1.165, 1.54) is 0 Å². The fraction of sp³-hybridized carbons (Fsp3) is 0.767. The summed E-state index contributed by atoms with van der Waals surface area (Å²) in [5.41, 5.74) is 0.406. The van der Waals surface area contributed by atoms with Crippen LogP contribution in [-0.2, 0) is 30.3 Å². The molecule has 212 valence electrons. The summed E-state index contributed by atoms with van der Waals surface area (Å²) >= 11 is 0. The number of nitrogens with zero attached hydrogens (tertiary/aromatic N) is 1. The molecule has 5 rings (SSSR count). The molecule has 4 aliphatic rings. The maximum Gasteiger partial charge on any atom is 0.412 e. The molecule has 0 unspecified atom stereocenters. The summed E-state index contributed by atoms with van der Waals surface area (Å²) in [5, 5.41) is 0. The van der Waals surface area contributed by atoms with E-state index in [-0.39, 0.29) is 30.3 Å². The van der Waals surface area contributed by atoms with Crippen molar-refractivity contribution < 1.29 is 28.5 Å². The van der Waals surface area contributed by atoms with Crippen LogP contribution in [0.3, 0.4) is 0 Å². The minimum atomic E-state index is -1.30. The summed E-state index contributed by atoms with van der Waals surface area (Å²) in [5.74, 6) is 0.218. The lowest BCUT2D eigenvalue weighted by atomic mass is 9.79. The van der Waals surface area contributed by atoms with Gasteiger partial charge in [0.1, 0.15) is 12.7 Å². The molecule has 0 aromatic heterocycles. The molecule has 7 nitrogen and oxygen atoms in total. The summed E-state index contributed by atoms with van der Waals surface area (Å²) in [7, 11) is -1.30. The van der Waals surface area contributed by atoms with Gasteiger partial charge >= 0.3 is 6.09 Å². The molecule has 0 N–H and O–H groups in total. The number of benzene rings is 1. The van der Waals surface area contributed by atoms with Gasteiger partial charge in [-0.1, -0.05) is 70.7 Å². The summed E-state index contributed by atoms with van der Waals surface area (Å²) in [6, 6.07) is 11.2. The zero-order chi connectivity index (χ0) is 27.1. The van der Waals surface area contributed by atoms with Crippen LogP contribution in [-0.4, -0.2) is 68.6 Å². The number of fused-ring (bicyclic) bond motifs is 4. The Kier molecular flexibility index (Phi) is 8.02. The largest absolute Gasteiger partial charge is 0.450 e. The first kappa shape index (κ1) is 28.1.